The average Bonchev–Trinajstić information content (AvgIpc) is 3.04. The van der Waals surface area contributed by atoms with Crippen molar-refractivity contribution in [3.8, 4) is 0 Å². The van der Waals surface area contributed by atoms with Crippen molar-refractivity contribution in [2.24, 2.45) is 5.84 Å². The van der Waals surface area contributed by atoms with E-state index in [0.717, 1.165) is 29.4 Å². The molecule has 1 saturated heterocycles. The van der Waals surface area contributed by atoms with E-state index < -0.39 is 0 Å². The molecule has 3 N–H and O–H groups in total. The molecule has 5 heteroatoms. The van der Waals surface area contributed by atoms with Gasteiger partial charge in [-0.3, -0.25) is 21.2 Å². The number of nitrogens with one attached hydrogen (secondary N) is 1. The van der Waals surface area contributed by atoms with Gasteiger partial charge in [0.15, 0.2) is 0 Å². The van der Waals surface area contributed by atoms with Crippen LogP contribution in [-0.2, 0) is 6.42 Å². The predicted octanol–water partition coefficient (Wildman–Crippen LogP) is 2.87. The fourth-order valence-corrected chi connectivity index (χ4v) is 3.95. The van der Waals surface area contributed by atoms with Crippen molar-refractivity contribution in [1.82, 2.24) is 15.3 Å². The van der Waals surface area contributed by atoms with Gasteiger partial charge in [0, 0.05) is 34.4 Å². The molecule has 1 aliphatic rings. The lowest BCUT2D eigenvalue weighted by Crippen LogP contribution is -2.62. The minimum Gasteiger partial charge on any atom is -0.296 e. The monoisotopic (exact) mass is 354 g/mol. The highest BCUT2D eigenvalue weighted by atomic mass is 79.9. The Morgan fingerprint density at radius 2 is 2.00 bits per heavy atom. The molecule has 0 saturated carbocycles. The van der Waals surface area contributed by atoms with Crippen molar-refractivity contribution in [2.75, 3.05) is 13.1 Å². The molecule has 1 atom stereocenters. The lowest BCUT2D eigenvalue weighted by Gasteiger charge is -2.46. The highest BCUT2D eigenvalue weighted by molar-refractivity contribution is 9.10. The van der Waals surface area contributed by atoms with Gasteiger partial charge in [-0.2, -0.15) is 0 Å². The zero-order chi connectivity index (χ0) is 15.3. The van der Waals surface area contributed by atoms with E-state index in [4.69, 9.17) is 5.84 Å². The smallest absolute Gasteiger partial charge is 0.0449 e. The summed E-state index contributed by atoms with van der Waals surface area (Å²) in [4.78, 5) is 7.15. The van der Waals surface area contributed by atoms with E-state index in [-0.39, 0.29) is 11.6 Å². The van der Waals surface area contributed by atoms with Crippen LogP contribution in [0.15, 0.2) is 22.8 Å². The van der Waals surface area contributed by atoms with Gasteiger partial charge >= 0.3 is 0 Å². The van der Waals surface area contributed by atoms with Crippen LogP contribution in [0.4, 0.5) is 0 Å². The lowest BCUT2D eigenvalue weighted by molar-refractivity contribution is 0.0617. The first-order valence-corrected chi connectivity index (χ1v) is 8.77. The van der Waals surface area contributed by atoms with Crippen LogP contribution in [0, 0.1) is 0 Å². The third kappa shape index (κ3) is 3.65. The molecule has 0 radical (unpaired) electrons. The van der Waals surface area contributed by atoms with Crippen molar-refractivity contribution in [2.45, 2.75) is 57.5 Å². The van der Waals surface area contributed by atoms with Crippen LogP contribution in [0.1, 0.15) is 45.2 Å². The van der Waals surface area contributed by atoms with Gasteiger partial charge in [0.05, 0.1) is 0 Å². The molecule has 2 rings (SSSR count). The summed E-state index contributed by atoms with van der Waals surface area (Å²) < 4.78 is 1.01. The van der Waals surface area contributed by atoms with Crippen LogP contribution in [0.25, 0.3) is 0 Å². The summed E-state index contributed by atoms with van der Waals surface area (Å²) >= 11 is 3.44. The molecule has 1 aromatic heterocycles. The van der Waals surface area contributed by atoms with Crippen LogP contribution in [0.5, 0.6) is 0 Å². The van der Waals surface area contributed by atoms with Crippen molar-refractivity contribution >= 4 is 15.9 Å². The Balaban J connectivity index is 2.20. The zero-order valence-corrected chi connectivity index (χ0v) is 14.7. The fourth-order valence-electron chi connectivity index (χ4n) is 3.71. The number of hydrazine groups is 1. The van der Waals surface area contributed by atoms with Gasteiger partial charge in [-0.1, -0.05) is 13.8 Å². The van der Waals surface area contributed by atoms with Gasteiger partial charge in [0.2, 0.25) is 0 Å². The number of nitrogens with two attached hydrogens (primary N) is 1. The first kappa shape index (κ1) is 16.9. The first-order valence-electron chi connectivity index (χ1n) is 7.98. The Kier molecular flexibility index (Phi) is 6.17. The van der Waals surface area contributed by atoms with Gasteiger partial charge in [-0.15, -0.1) is 0 Å². The number of hydrogen-bond donors (Lipinski definition) is 2. The number of halogens is 1. The summed E-state index contributed by atoms with van der Waals surface area (Å²) in [7, 11) is 0. The molecule has 21 heavy (non-hydrogen) atoms. The van der Waals surface area contributed by atoms with Crippen LogP contribution in [0.3, 0.4) is 0 Å². The van der Waals surface area contributed by atoms with Gasteiger partial charge in [0.25, 0.3) is 0 Å². The molecule has 0 amide bonds. The minimum atomic E-state index is 0.125. The minimum absolute atomic E-state index is 0.125. The number of hydrogen-bond acceptors (Lipinski definition) is 4. The maximum atomic E-state index is 5.94. The molecule has 0 spiro atoms. The Morgan fingerprint density at radius 3 is 2.48 bits per heavy atom. The van der Waals surface area contributed by atoms with E-state index in [9.17, 15) is 0 Å². The largest absolute Gasteiger partial charge is 0.296 e. The Morgan fingerprint density at radius 1 is 1.33 bits per heavy atom. The third-order valence-corrected chi connectivity index (χ3v) is 5.48. The van der Waals surface area contributed by atoms with Gasteiger partial charge in [-0.05, 0) is 66.8 Å². The molecule has 1 aliphatic heterocycles. The molecule has 118 valence electrons. The van der Waals surface area contributed by atoms with Crippen molar-refractivity contribution < 1.29 is 0 Å². The topological polar surface area (TPSA) is 54.2 Å². The maximum Gasteiger partial charge on any atom is 0.0449 e. The number of rotatable bonds is 7. The zero-order valence-electron chi connectivity index (χ0n) is 13.1. The van der Waals surface area contributed by atoms with Gasteiger partial charge in [0.1, 0.15) is 0 Å². The van der Waals surface area contributed by atoms with Gasteiger partial charge < -0.3 is 0 Å². The number of nitrogens with zero attached hydrogens (tertiary/aromatic N) is 2. The van der Waals surface area contributed by atoms with Crippen molar-refractivity contribution in [1.29, 1.82) is 0 Å². The van der Waals surface area contributed by atoms with Crippen LogP contribution in [0.2, 0.25) is 0 Å². The summed E-state index contributed by atoms with van der Waals surface area (Å²) in [6, 6.07) is 4.35. The summed E-state index contributed by atoms with van der Waals surface area (Å²) in [6.45, 7) is 6.93. The maximum absolute atomic E-state index is 5.94. The number of likely N-dealkylation sites (tertiary alicyclic amines) is 1. The Labute approximate surface area is 136 Å². The molecule has 1 unspecified atom stereocenters. The summed E-state index contributed by atoms with van der Waals surface area (Å²) in [5, 5.41) is 0. The Hall–Kier alpha value is -0.490. The second kappa shape index (κ2) is 7.68. The number of aromatic nitrogens is 1. The predicted molar refractivity (Wildman–Crippen MR) is 90.9 cm³/mol. The summed E-state index contributed by atoms with van der Waals surface area (Å²) in [5.74, 6) is 5.94. The van der Waals surface area contributed by atoms with Crippen LogP contribution >= 0.6 is 15.9 Å². The van der Waals surface area contributed by atoms with Crippen molar-refractivity contribution in [3.05, 3.63) is 28.5 Å². The molecule has 0 aromatic carbocycles. The SMILES string of the molecule is CCC(CC)(C(Cc1ccc(Br)cn1)NN)N1CCCC1. The highest BCUT2D eigenvalue weighted by Gasteiger charge is 2.41. The molecule has 0 bridgehead atoms. The summed E-state index contributed by atoms with van der Waals surface area (Å²) in [6.07, 6.45) is 7.54. The molecule has 2 heterocycles. The normalized spacial score (nSPS) is 18.1. The van der Waals surface area contributed by atoms with E-state index in [0.29, 0.717) is 0 Å². The fraction of sp³-hybridized carbons (Fsp3) is 0.688. The third-order valence-electron chi connectivity index (χ3n) is 5.01. The Bertz CT molecular complexity index is 424. The van der Waals surface area contributed by atoms with E-state index in [1.807, 2.05) is 12.3 Å². The highest BCUT2D eigenvalue weighted by Crippen LogP contribution is 2.32. The lowest BCUT2D eigenvalue weighted by atomic mass is 9.80. The molecule has 4 nitrogen and oxygen atoms in total. The first-order chi connectivity index (χ1) is 10.2. The second-order valence-corrected chi connectivity index (χ2v) is 6.81. The van der Waals surface area contributed by atoms with E-state index in [1.165, 1.54) is 25.9 Å². The molecule has 1 aromatic rings. The quantitative estimate of drug-likeness (QED) is 0.583. The van der Waals surface area contributed by atoms with Crippen LogP contribution in [-0.4, -0.2) is 34.6 Å². The standard InChI is InChI=1S/C16H27BrN4/c1-3-16(4-2,21-9-5-6-10-21)15(20-18)11-14-8-7-13(17)12-19-14/h7-8,12,15,20H,3-6,9-11,18H2,1-2H3. The molecular formula is C16H27BrN4. The van der Waals surface area contributed by atoms with E-state index in [1.54, 1.807) is 0 Å². The molecule has 1 fully saturated rings. The number of pyridine rings is 1. The van der Waals surface area contributed by atoms with Crippen LogP contribution < -0.4 is 11.3 Å². The second-order valence-electron chi connectivity index (χ2n) is 5.90. The van der Waals surface area contributed by atoms with Crippen molar-refractivity contribution in [3.63, 3.8) is 0 Å². The average molecular weight is 355 g/mol. The van der Waals surface area contributed by atoms with Gasteiger partial charge in [-0.25, -0.2) is 0 Å². The van der Waals surface area contributed by atoms with E-state index in [2.05, 4.69) is 51.2 Å². The summed E-state index contributed by atoms with van der Waals surface area (Å²) in [5.41, 5.74) is 4.31. The molecular weight excluding hydrogens is 328 g/mol. The van der Waals surface area contributed by atoms with E-state index >= 15 is 0 Å². The molecule has 0 aliphatic carbocycles.